The largest absolute Gasteiger partial charge is 0.418 e. The van der Waals surface area contributed by atoms with Gasteiger partial charge in [-0.1, -0.05) is 0 Å². The molecule has 0 bridgehead atoms. The zero-order valence-corrected chi connectivity index (χ0v) is 12.2. The van der Waals surface area contributed by atoms with Gasteiger partial charge in [0.15, 0.2) is 0 Å². The van der Waals surface area contributed by atoms with Crippen LogP contribution in [-0.4, -0.2) is 43.4 Å². The van der Waals surface area contributed by atoms with Crippen molar-refractivity contribution in [3.05, 3.63) is 29.3 Å². The number of halogens is 3. The zero-order valence-electron chi connectivity index (χ0n) is 12.2. The van der Waals surface area contributed by atoms with E-state index in [9.17, 15) is 18.0 Å². The lowest BCUT2D eigenvalue weighted by molar-refractivity contribution is -0.137. The number of benzene rings is 1. The van der Waals surface area contributed by atoms with Crippen LogP contribution < -0.4 is 4.90 Å². The van der Waals surface area contributed by atoms with Crippen LogP contribution in [0.5, 0.6) is 0 Å². The molecule has 1 heterocycles. The number of nitrogens with zero attached hydrogens (tertiary/aromatic N) is 2. The molecular formula is C15H19F3N2O. The number of carbonyl (C=O) groups excluding carboxylic acids is 1. The van der Waals surface area contributed by atoms with Crippen molar-refractivity contribution < 1.29 is 18.0 Å². The second kappa shape index (κ2) is 6.05. The van der Waals surface area contributed by atoms with Crippen molar-refractivity contribution in [2.45, 2.75) is 26.1 Å². The van der Waals surface area contributed by atoms with Crippen LogP contribution >= 0.6 is 0 Å². The zero-order chi connectivity index (χ0) is 15.6. The Kier molecular flexibility index (Phi) is 4.56. The minimum Gasteiger partial charge on any atom is -0.368 e. The molecule has 1 aliphatic rings. The third-order valence-corrected chi connectivity index (χ3v) is 3.85. The predicted molar refractivity (Wildman–Crippen MR) is 75.8 cm³/mol. The summed E-state index contributed by atoms with van der Waals surface area (Å²) in [5.41, 5.74) is -0.520. The number of rotatable bonds is 3. The molecule has 1 aliphatic heterocycles. The van der Waals surface area contributed by atoms with Gasteiger partial charge in [-0.25, -0.2) is 0 Å². The lowest BCUT2D eigenvalue weighted by atomic mass is 10.1. The smallest absolute Gasteiger partial charge is 0.368 e. The first-order valence-corrected chi connectivity index (χ1v) is 6.98. The van der Waals surface area contributed by atoms with Crippen LogP contribution in [0.3, 0.4) is 0 Å². The molecule has 1 aromatic carbocycles. The molecule has 1 fully saturated rings. The van der Waals surface area contributed by atoms with Crippen molar-refractivity contribution in [1.29, 1.82) is 0 Å². The number of hydrogen-bond acceptors (Lipinski definition) is 3. The summed E-state index contributed by atoms with van der Waals surface area (Å²) in [6.07, 6.45) is -4.01. The Bertz CT molecular complexity index is 506. The Morgan fingerprint density at radius 3 is 2.24 bits per heavy atom. The van der Waals surface area contributed by atoms with E-state index in [2.05, 4.69) is 18.7 Å². The number of piperazine rings is 1. The summed E-state index contributed by atoms with van der Waals surface area (Å²) in [5.74, 6) is 0. The maximum Gasteiger partial charge on any atom is 0.418 e. The topological polar surface area (TPSA) is 23.6 Å². The third-order valence-electron chi connectivity index (χ3n) is 3.85. The highest BCUT2D eigenvalue weighted by Gasteiger charge is 2.35. The van der Waals surface area contributed by atoms with E-state index in [0.29, 0.717) is 25.4 Å². The van der Waals surface area contributed by atoms with E-state index in [1.165, 1.54) is 12.1 Å². The van der Waals surface area contributed by atoms with Crippen molar-refractivity contribution in [2.75, 3.05) is 31.1 Å². The normalized spacial score (nSPS) is 17.3. The number of alkyl halides is 3. The molecule has 1 aromatic rings. The first kappa shape index (κ1) is 15.8. The van der Waals surface area contributed by atoms with Gasteiger partial charge in [-0.15, -0.1) is 0 Å². The fourth-order valence-electron chi connectivity index (χ4n) is 2.61. The predicted octanol–water partition coefficient (Wildman–Crippen LogP) is 3.05. The summed E-state index contributed by atoms with van der Waals surface area (Å²) in [4.78, 5) is 14.7. The monoisotopic (exact) mass is 300 g/mol. The molecule has 0 spiro atoms. The van der Waals surface area contributed by atoms with Gasteiger partial charge < -0.3 is 4.90 Å². The van der Waals surface area contributed by atoms with Crippen LogP contribution in [0.1, 0.15) is 29.8 Å². The summed E-state index contributed by atoms with van der Waals surface area (Å²) in [7, 11) is 0. The van der Waals surface area contributed by atoms with Crippen molar-refractivity contribution in [3.8, 4) is 0 Å². The molecule has 2 rings (SSSR count). The minimum absolute atomic E-state index is 0.0480. The van der Waals surface area contributed by atoms with Crippen LogP contribution in [-0.2, 0) is 6.18 Å². The van der Waals surface area contributed by atoms with Crippen LogP contribution in [0.15, 0.2) is 18.2 Å². The van der Waals surface area contributed by atoms with E-state index < -0.39 is 11.7 Å². The number of carbonyl (C=O) groups is 1. The molecule has 21 heavy (non-hydrogen) atoms. The maximum absolute atomic E-state index is 13.2. The first-order chi connectivity index (χ1) is 9.82. The third kappa shape index (κ3) is 3.56. The van der Waals surface area contributed by atoms with Gasteiger partial charge in [0.05, 0.1) is 5.56 Å². The second-order valence-corrected chi connectivity index (χ2v) is 5.51. The van der Waals surface area contributed by atoms with Crippen molar-refractivity contribution in [1.82, 2.24) is 4.90 Å². The summed E-state index contributed by atoms with van der Waals surface area (Å²) in [6.45, 7) is 6.75. The molecule has 0 N–H and O–H groups in total. The van der Waals surface area contributed by atoms with Gasteiger partial charge >= 0.3 is 6.18 Å². The first-order valence-electron chi connectivity index (χ1n) is 6.98. The van der Waals surface area contributed by atoms with E-state index in [4.69, 9.17) is 0 Å². The van der Waals surface area contributed by atoms with Crippen LogP contribution in [0.2, 0.25) is 0 Å². The van der Waals surface area contributed by atoms with Gasteiger partial charge in [-0.2, -0.15) is 13.2 Å². The number of anilines is 1. The Morgan fingerprint density at radius 2 is 1.76 bits per heavy atom. The average molecular weight is 300 g/mol. The minimum atomic E-state index is -4.45. The number of hydrogen-bond donors (Lipinski definition) is 0. The molecule has 116 valence electrons. The van der Waals surface area contributed by atoms with Crippen molar-refractivity contribution in [3.63, 3.8) is 0 Å². The van der Waals surface area contributed by atoms with E-state index in [1.807, 2.05) is 0 Å². The van der Waals surface area contributed by atoms with Gasteiger partial charge in [0.1, 0.15) is 6.29 Å². The molecule has 6 heteroatoms. The second-order valence-electron chi connectivity index (χ2n) is 5.51. The van der Waals surface area contributed by atoms with Crippen LogP contribution in [0, 0.1) is 0 Å². The van der Waals surface area contributed by atoms with E-state index >= 15 is 0 Å². The molecule has 0 radical (unpaired) electrons. The lowest BCUT2D eigenvalue weighted by Gasteiger charge is -2.39. The molecular weight excluding hydrogens is 281 g/mol. The quantitative estimate of drug-likeness (QED) is 0.802. The molecule has 0 amide bonds. The van der Waals surface area contributed by atoms with Crippen molar-refractivity contribution >= 4 is 12.0 Å². The Morgan fingerprint density at radius 1 is 1.14 bits per heavy atom. The van der Waals surface area contributed by atoms with Crippen molar-refractivity contribution in [2.24, 2.45) is 0 Å². The Balaban J connectivity index is 2.26. The van der Waals surface area contributed by atoms with E-state index in [-0.39, 0.29) is 11.3 Å². The van der Waals surface area contributed by atoms with Gasteiger partial charge in [-0.05, 0) is 32.0 Å². The highest BCUT2D eigenvalue weighted by molar-refractivity contribution is 5.77. The molecule has 0 aromatic heterocycles. The molecule has 0 atom stereocenters. The fourth-order valence-corrected chi connectivity index (χ4v) is 2.61. The highest BCUT2D eigenvalue weighted by atomic mass is 19.4. The fraction of sp³-hybridized carbons (Fsp3) is 0.533. The van der Waals surface area contributed by atoms with Gasteiger partial charge in [0.25, 0.3) is 0 Å². The van der Waals surface area contributed by atoms with E-state index in [1.54, 1.807) is 4.90 Å². The summed E-state index contributed by atoms with van der Waals surface area (Å²) < 4.78 is 39.5. The molecule has 3 nitrogen and oxygen atoms in total. The SMILES string of the molecule is CC(C)N1CCN(c2ccc(C=O)cc2C(F)(F)F)CC1. The van der Waals surface area contributed by atoms with Crippen LogP contribution in [0.4, 0.5) is 18.9 Å². The Labute approximate surface area is 122 Å². The summed E-state index contributed by atoms with van der Waals surface area (Å²) in [6, 6.07) is 4.16. The van der Waals surface area contributed by atoms with Gasteiger partial charge in [0, 0.05) is 43.5 Å². The summed E-state index contributed by atoms with van der Waals surface area (Å²) in [5, 5.41) is 0. The van der Waals surface area contributed by atoms with E-state index in [0.717, 1.165) is 19.2 Å². The molecule has 1 saturated heterocycles. The van der Waals surface area contributed by atoms with Gasteiger partial charge in [-0.3, -0.25) is 9.69 Å². The Hall–Kier alpha value is -1.56. The van der Waals surface area contributed by atoms with Crippen LogP contribution in [0.25, 0.3) is 0 Å². The molecule has 0 unspecified atom stereocenters. The number of aldehydes is 1. The lowest BCUT2D eigenvalue weighted by Crippen LogP contribution is -2.49. The summed E-state index contributed by atoms with van der Waals surface area (Å²) >= 11 is 0. The highest BCUT2D eigenvalue weighted by Crippen LogP contribution is 2.37. The molecule has 0 aliphatic carbocycles. The standard InChI is InChI=1S/C15H19F3N2O/c1-11(2)19-5-7-20(8-6-19)14-4-3-12(10-21)9-13(14)15(16,17)18/h3-4,9-11H,5-8H2,1-2H3. The van der Waals surface area contributed by atoms with Gasteiger partial charge in [0.2, 0.25) is 0 Å². The maximum atomic E-state index is 13.2. The average Bonchev–Trinajstić information content (AvgIpc) is 2.46. The molecule has 0 saturated carbocycles.